The molecule has 2 aliphatic carbocycles. The van der Waals surface area contributed by atoms with Crippen LogP contribution in [0.15, 0.2) is 22.7 Å². The second kappa shape index (κ2) is 4.40. The van der Waals surface area contributed by atoms with E-state index in [4.69, 9.17) is 5.73 Å². The van der Waals surface area contributed by atoms with Crippen LogP contribution in [0, 0.1) is 5.82 Å². The van der Waals surface area contributed by atoms with Gasteiger partial charge in [0.2, 0.25) is 0 Å². The van der Waals surface area contributed by atoms with Gasteiger partial charge in [-0.3, -0.25) is 4.79 Å². The van der Waals surface area contributed by atoms with E-state index in [0.717, 1.165) is 10.0 Å². The Balaban J connectivity index is 2.00. The smallest absolute Gasteiger partial charge is 0.323 e. The van der Waals surface area contributed by atoms with Gasteiger partial charge in [0, 0.05) is 15.5 Å². The quantitative estimate of drug-likeness (QED) is 0.825. The van der Waals surface area contributed by atoms with Crippen molar-refractivity contribution in [2.24, 2.45) is 5.73 Å². The third-order valence-electron chi connectivity index (χ3n) is 4.72. The van der Waals surface area contributed by atoms with Gasteiger partial charge >= 0.3 is 5.97 Å². The van der Waals surface area contributed by atoms with Crippen molar-refractivity contribution in [1.29, 1.82) is 0 Å². The van der Waals surface area contributed by atoms with Crippen molar-refractivity contribution in [2.45, 2.75) is 36.6 Å². The summed E-state index contributed by atoms with van der Waals surface area (Å²) in [7, 11) is 0. The molecule has 5 heteroatoms. The summed E-state index contributed by atoms with van der Waals surface area (Å²) in [4.78, 5) is 11.2. The number of hydrogen-bond acceptors (Lipinski definition) is 2. The lowest BCUT2D eigenvalue weighted by molar-refractivity contribution is -0.145. The zero-order valence-electron chi connectivity index (χ0n) is 10.8. The monoisotopic (exact) mass is 339 g/mol. The van der Waals surface area contributed by atoms with Crippen molar-refractivity contribution in [3.63, 3.8) is 0 Å². The topological polar surface area (TPSA) is 63.3 Å². The molecule has 0 heterocycles. The summed E-state index contributed by atoms with van der Waals surface area (Å²) in [5.74, 6) is -1.19. The maximum Gasteiger partial charge on any atom is 0.323 e. The van der Waals surface area contributed by atoms with E-state index in [1.165, 1.54) is 6.07 Å². The number of carboxylic acid groups (broad SMARTS) is 1. The highest BCUT2D eigenvalue weighted by Gasteiger charge is 2.49. The minimum atomic E-state index is -1.16. The van der Waals surface area contributed by atoms with E-state index in [-0.39, 0.29) is 11.2 Å². The van der Waals surface area contributed by atoms with E-state index in [1.54, 1.807) is 6.07 Å². The maximum atomic E-state index is 13.9. The van der Waals surface area contributed by atoms with Crippen molar-refractivity contribution in [3.05, 3.63) is 39.6 Å². The van der Waals surface area contributed by atoms with Crippen molar-refractivity contribution >= 4 is 28.0 Å². The van der Waals surface area contributed by atoms with E-state index in [9.17, 15) is 14.3 Å². The molecule has 1 fully saturated rings. The van der Waals surface area contributed by atoms with Crippen LogP contribution in [0.1, 0.15) is 36.8 Å². The van der Waals surface area contributed by atoms with Gasteiger partial charge in [0.1, 0.15) is 11.4 Å². The number of nitrogens with two attached hydrogens (primary N) is 1. The third kappa shape index (κ3) is 1.76. The Labute approximate surface area is 124 Å². The van der Waals surface area contributed by atoms with Crippen LogP contribution >= 0.6 is 15.9 Å². The number of aliphatic carboxylic acids is 1. The Bertz CT molecular complexity index is 618. The Kier molecular flexibility index (Phi) is 3.03. The highest BCUT2D eigenvalue weighted by Crippen LogP contribution is 2.54. The standard InChI is InChI=1S/C15H15BrFNO2/c16-12-8-9-10(2-1-3-11(9)17)14(12)4-6-15(18,7-5-14)13(19)20/h1-3,8H,4-7,18H2,(H,19,20). The average Bonchev–Trinajstić information content (AvgIpc) is 2.68. The van der Waals surface area contributed by atoms with Crippen molar-refractivity contribution in [1.82, 2.24) is 0 Å². The molecule has 2 aliphatic rings. The molecule has 1 aromatic carbocycles. The first-order chi connectivity index (χ1) is 9.39. The van der Waals surface area contributed by atoms with Crippen molar-refractivity contribution in [2.75, 3.05) is 0 Å². The highest BCUT2D eigenvalue weighted by atomic mass is 79.9. The Hall–Kier alpha value is -1.20. The molecule has 0 bridgehead atoms. The Morgan fingerprint density at radius 2 is 1.95 bits per heavy atom. The van der Waals surface area contributed by atoms with Crippen LogP contribution in [0.25, 0.3) is 6.08 Å². The summed E-state index contributed by atoms with van der Waals surface area (Å²) in [5, 5.41) is 9.22. The molecular formula is C15H15BrFNO2. The van der Waals surface area contributed by atoms with E-state index >= 15 is 0 Å². The van der Waals surface area contributed by atoms with Crippen LogP contribution < -0.4 is 5.73 Å². The molecule has 106 valence electrons. The molecule has 1 spiro atoms. The molecular weight excluding hydrogens is 325 g/mol. The number of hydrogen-bond donors (Lipinski definition) is 2. The van der Waals surface area contributed by atoms with Crippen LogP contribution in [-0.2, 0) is 10.2 Å². The average molecular weight is 340 g/mol. The van der Waals surface area contributed by atoms with Gasteiger partial charge in [0.15, 0.2) is 0 Å². The van der Waals surface area contributed by atoms with Crippen LogP contribution in [0.3, 0.4) is 0 Å². The molecule has 0 atom stereocenters. The van der Waals surface area contributed by atoms with Gasteiger partial charge in [-0.1, -0.05) is 28.1 Å². The van der Waals surface area contributed by atoms with E-state index in [1.807, 2.05) is 12.1 Å². The third-order valence-corrected chi connectivity index (χ3v) is 5.71. The first kappa shape index (κ1) is 13.8. The molecule has 0 amide bonds. The molecule has 3 nitrogen and oxygen atoms in total. The van der Waals surface area contributed by atoms with Gasteiger partial charge in [-0.15, -0.1) is 0 Å². The lowest BCUT2D eigenvalue weighted by atomic mass is 9.65. The second-order valence-corrected chi connectivity index (χ2v) is 6.59. The molecule has 0 saturated heterocycles. The van der Waals surface area contributed by atoms with Crippen LogP contribution in [0.5, 0.6) is 0 Å². The Morgan fingerprint density at radius 3 is 2.55 bits per heavy atom. The van der Waals surface area contributed by atoms with E-state index < -0.39 is 11.5 Å². The van der Waals surface area contributed by atoms with Crippen molar-refractivity contribution < 1.29 is 14.3 Å². The predicted molar refractivity (Wildman–Crippen MR) is 78.0 cm³/mol. The van der Waals surface area contributed by atoms with Crippen LogP contribution in [-0.4, -0.2) is 16.6 Å². The summed E-state index contributed by atoms with van der Waals surface area (Å²) >= 11 is 3.55. The number of carbonyl (C=O) groups is 1. The fraction of sp³-hybridized carbons (Fsp3) is 0.400. The summed E-state index contributed by atoms with van der Waals surface area (Å²) in [6, 6.07) is 5.08. The van der Waals surface area contributed by atoms with Gasteiger partial charge < -0.3 is 10.8 Å². The molecule has 3 N–H and O–H groups in total. The highest BCUT2D eigenvalue weighted by molar-refractivity contribution is 9.11. The molecule has 0 aromatic heterocycles. The maximum absolute atomic E-state index is 13.9. The van der Waals surface area contributed by atoms with Gasteiger partial charge in [0.25, 0.3) is 0 Å². The SMILES string of the molecule is NC1(C(=O)O)CCC2(CC1)C(Br)=Cc1c(F)cccc12. The first-order valence-corrected chi connectivity index (χ1v) is 7.37. The Morgan fingerprint density at radius 1 is 1.30 bits per heavy atom. The zero-order valence-corrected chi connectivity index (χ0v) is 12.4. The summed E-state index contributed by atoms with van der Waals surface area (Å²) in [6.45, 7) is 0. The second-order valence-electron chi connectivity index (χ2n) is 5.74. The van der Waals surface area contributed by atoms with Crippen LogP contribution in [0.2, 0.25) is 0 Å². The first-order valence-electron chi connectivity index (χ1n) is 6.58. The number of benzene rings is 1. The fourth-order valence-electron chi connectivity index (χ4n) is 3.34. The summed E-state index contributed by atoms with van der Waals surface area (Å²) in [6.07, 6.45) is 3.82. The number of carboxylic acids is 1. The molecule has 20 heavy (non-hydrogen) atoms. The number of allylic oxidation sites excluding steroid dienone is 1. The largest absolute Gasteiger partial charge is 0.480 e. The van der Waals surface area contributed by atoms with E-state index in [2.05, 4.69) is 15.9 Å². The summed E-state index contributed by atoms with van der Waals surface area (Å²) in [5.41, 5.74) is 6.02. The normalized spacial score (nSPS) is 32.0. The minimum Gasteiger partial charge on any atom is -0.480 e. The minimum absolute atomic E-state index is 0.237. The lowest BCUT2D eigenvalue weighted by Gasteiger charge is -2.42. The van der Waals surface area contributed by atoms with Gasteiger partial charge in [-0.2, -0.15) is 0 Å². The molecule has 3 rings (SSSR count). The molecule has 0 radical (unpaired) electrons. The zero-order chi connectivity index (χ0) is 14.5. The molecule has 1 aromatic rings. The molecule has 0 unspecified atom stereocenters. The summed E-state index contributed by atoms with van der Waals surface area (Å²) < 4.78 is 14.8. The van der Waals surface area contributed by atoms with Gasteiger partial charge in [0.05, 0.1) is 0 Å². The molecule has 0 aliphatic heterocycles. The van der Waals surface area contributed by atoms with Gasteiger partial charge in [-0.25, -0.2) is 4.39 Å². The number of rotatable bonds is 1. The van der Waals surface area contributed by atoms with E-state index in [0.29, 0.717) is 31.2 Å². The molecule has 1 saturated carbocycles. The predicted octanol–water partition coefficient (Wildman–Crippen LogP) is 3.17. The fourth-order valence-corrected chi connectivity index (χ4v) is 4.18. The number of fused-ring (bicyclic) bond motifs is 2. The lowest BCUT2D eigenvalue weighted by Crippen LogP contribution is -2.53. The number of halogens is 2. The van der Waals surface area contributed by atoms with Gasteiger partial charge in [-0.05, 0) is 43.4 Å². The van der Waals surface area contributed by atoms with Crippen LogP contribution in [0.4, 0.5) is 4.39 Å². The van der Waals surface area contributed by atoms with Crippen molar-refractivity contribution in [3.8, 4) is 0 Å².